The van der Waals surface area contributed by atoms with Crippen LogP contribution in [0, 0.1) is 0 Å². The summed E-state index contributed by atoms with van der Waals surface area (Å²) < 4.78 is 75.2. The van der Waals surface area contributed by atoms with Gasteiger partial charge in [0.25, 0.3) is 21.7 Å². The number of sulfonamides is 2. The molecule has 8 nitrogen and oxygen atoms in total. The van der Waals surface area contributed by atoms with Crippen LogP contribution in [0.5, 0.6) is 0 Å². The van der Waals surface area contributed by atoms with E-state index in [-0.39, 0.29) is 27.6 Å². The van der Waals surface area contributed by atoms with Gasteiger partial charge in [0.2, 0.25) is 10.0 Å². The van der Waals surface area contributed by atoms with E-state index in [4.69, 9.17) is 5.14 Å². The van der Waals surface area contributed by atoms with Crippen molar-refractivity contribution in [3.8, 4) is 0 Å². The average Bonchev–Trinajstić information content (AvgIpc) is 2.79. The lowest BCUT2D eigenvalue weighted by molar-refractivity contribution is 0.0954. The maximum Gasteiger partial charge on any atom is 0.288 e. The number of hydrogen-bond donors (Lipinski definition) is 3. The Balaban J connectivity index is 1.61. The Kier molecular flexibility index (Phi) is 8.48. The van der Waals surface area contributed by atoms with Crippen molar-refractivity contribution in [2.75, 3.05) is 11.3 Å². The molecule has 35 heavy (non-hydrogen) atoms. The number of rotatable bonds is 10. The van der Waals surface area contributed by atoms with E-state index >= 15 is 0 Å². The highest BCUT2D eigenvalue weighted by Crippen LogP contribution is 2.27. The average molecular weight is 542 g/mol. The van der Waals surface area contributed by atoms with Crippen LogP contribution in [0.1, 0.15) is 15.9 Å². The molecule has 0 atom stereocenters. The Hall–Kier alpha value is -3.00. The highest BCUT2D eigenvalue weighted by atomic mass is 32.2. The van der Waals surface area contributed by atoms with Crippen molar-refractivity contribution in [1.29, 1.82) is 0 Å². The summed E-state index contributed by atoms with van der Waals surface area (Å²) in [7, 11) is -7.81. The Labute approximate surface area is 206 Å². The van der Waals surface area contributed by atoms with E-state index in [0.29, 0.717) is 23.1 Å². The van der Waals surface area contributed by atoms with E-state index < -0.39 is 31.7 Å². The molecular weight excluding hydrogens is 520 g/mol. The van der Waals surface area contributed by atoms with E-state index in [0.717, 1.165) is 5.56 Å². The minimum Gasteiger partial charge on any atom is -0.352 e. The predicted octanol–water partition coefficient (Wildman–Crippen LogP) is 3.42. The predicted molar refractivity (Wildman–Crippen MR) is 129 cm³/mol. The molecule has 4 N–H and O–H groups in total. The van der Waals surface area contributed by atoms with Gasteiger partial charge >= 0.3 is 0 Å². The minimum absolute atomic E-state index is 0.0140. The summed E-state index contributed by atoms with van der Waals surface area (Å²) in [4.78, 5) is 12.6. The first kappa shape index (κ1) is 26.6. The van der Waals surface area contributed by atoms with Crippen LogP contribution < -0.4 is 15.2 Å². The van der Waals surface area contributed by atoms with Gasteiger partial charge in [-0.05, 0) is 66.6 Å². The van der Waals surface area contributed by atoms with Gasteiger partial charge in [0, 0.05) is 22.7 Å². The quantitative estimate of drug-likeness (QED) is 0.337. The highest BCUT2D eigenvalue weighted by Gasteiger charge is 2.17. The lowest BCUT2D eigenvalue weighted by Crippen LogP contribution is -2.26. The Morgan fingerprint density at radius 3 is 2.17 bits per heavy atom. The summed E-state index contributed by atoms with van der Waals surface area (Å²) in [5, 5.41) is 7.74. The molecule has 0 aliphatic heterocycles. The van der Waals surface area contributed by atoms with Gasteiger partial charge < -0.3 is 5.32 Å². The molecule has 0 saturated carbocycles. The molecule has 0 radical (unpaired) electrons. The number of amides is 1. The zero-order valence-electron chi connectivity index (χ0n) is 18.0. The number of benzene rings is 3. The molecule has 0 saturated heterocycles. The molecule has 3 aromatic rings. The number of primary sulfonamides is 1. The number of nitrogens with two attached hydrogens (primary N) is 1. The van der Waals surface area contributed by atoms with Gasteiger partial charge in [-0.25, -0.2) is 22.0 Å². The summed E-state index contributed by atoms with van der Waals surface area (Å²) in [6.45, 7) is 0.228. The van der Waals surface area contributed by atoms with Gasteiger partial charge in [0.15, 0.2) is 0 Å². The molecule has 3 aromatic carbocycles. The van der Waals surface area contributed by atoms with E-state index in [2.05, 4.69) is 10.0 Å². The molecule has 0 heterocycles. The lowest BCUT2D eigenvalue weighted by atomic mass is 10.1. The fourth-order valence-electron chi connectivity index (χ4n) is 2.99. The third-order valence-electron chi connectivity index (χ3n) is 4.69. The van der Waals surface area contributed by atoms with Crippen LogP contribution in [0.25, 0.3) is 0 Å². The zero-order chi connectivity index (χ0) is 25.6. The third kappa shape index (κ3) is 7.75. The molecule has 0 unspecified atom stereocenters. The molecule has 13 heteroatoms. The molecule has 0 fully saturated rings. The molecule has 0 spiro atoms. The third-order valence-corrected chi connectivity index (χ3v) is 7.72. The lowest BCUT2D eigenvalue weighted by Gasteiger charge is -2.11. The fourth-order valence-corrected chi connectivity index (χ4v) is 5.11. The van der Waals surface area contributed by atoms with Crippen molar-refractivity contribution in [1.82, 2.24) is 5.32 Å². The number of alkyl halides is 2. The second-order valence-corrected chi connectivity index (χ2v) is 11.5. The first-order valence-corrected chi connectivity index (χ1v) is 13.9. The number of thioether (sulfide) groups is 1. The van der Waals surface area contributed by atoms with E-state index in [1.54, 1.807) is 12.1 Å². The second-order valence-electron chi connectivity index (χ2n) is 7.23. The van der Waals surface area contributed by atoms with Crippen LogP contribution in [-0.2, 0) is 26.5 Å². The largest absolute Gasteiger partial charge is 0.352 e. The van der Waals surface area contributed by atoms with Crippen LogP contribution in [0.2, 0.25) is 0 Å². The number of carbonyl (C=O) groups is 1. The first-order valence-electron chi connectivity index (χ1n) is 10.0. The van der Waals surface area contributed by atoms with Gasteiger partial charge in [-0.1, -0.05) is 30.0 Å². The van der Waals surface area contributed by atoms with Gasteiger partial charge in [-0.3, -0.25) is 9.52 Å². The van der Waals surface area contributed by atoms with Crippen LogP contribution >= 0.6 is 11.8 Å². The molecule has 1 amide bonds. The molecule has 0 aliphatic carbocycles. The summed E-state index contributed by atoms with van der Waals surface area (Å²) in [6, 6.07) is 16.9. The van der Waals surface area contributed by atoms with Gasteiger partial charge in [0.1, 0.15) is 0 Å². The maximum absolute atomic E-state index is 12.7. The Morgan fingerprint density at radius 1 is 0.914 bits per heavy atom. The minimum atomic E-state index is -4.03. The van der Waals surface area contributed by atoms with Crippen LogP contribution in [-0.4, -0.2) is 35.0 Å². The molecule has 0 aromatic heterocycles. The maximum atomic E-state index is 12.7. The zero-order valence-corrected chi connectivity index (χ0v) is 20.5. The normalized spacial score (nSPS) is 11.9. The number of halogens is 2. The van der Waals surface area contributed by atoms with Crippen molar-refractivity contribution in [3.05, 3.63) is 83.9 Å². The van der Waals surface area contributed by atoms with Gasteiger partial charge in [-0.2, -0.15) is 8.78 Å². The van der Waals surface area contributed by atoms with Crippen molar-refractivity contribution in [2.24, 2.45) is 5.14 Å². The van der Waals surface area contributed by atoms with Gasteiger partial charge in [0.05, 0.1) is 9.79 Å². The van der Waals surface area contributed by atoms with Gasteiger partial charge in [-0.15, -0.1) is 0 Å². The van der Waals surface area contributed by atoms with E-state index in [9.17, 15) is 30.4 Å². The highest BCUT2D eigenvalue weighted by molar-refractivity contribution is 7.99. The van der Waals surface area contributed by atoms with Crippen molar-refractivity contribution < 1.29 is 30.4 Å². The van der Waals surface area contributed by atoms with Crippen molar-refractivity contribution in [3.63, 3.8) is 0 Å². The number of carbonyl (C=O) groups excluding carboxylic acids is 1. The molecule has 0 bridgehead atoms. The SMILES string of the molecule is NS(=O)(=O)c1ccc(CCNC(=O)c2cccc(S(=O)(=O)Nc3ccc(SC(F)F)cc3)c2)cc1. The Bertz CT molecular complexity index is 1400. The Morgan fingerprint density at radius 2 is 1.57 bits per heavy atom. The molecular formula is C22H21F2N3O5S3. The molecule has 0 aliphatic rings. The molecule has 3 rings (SSSR count). The number of anilines is 1. The summed E-state index contributed by atoms with van der Waals surface area (Å²) >= 11 is 0.349. The van der Waals surface area contributed by atoms with Crippen LogP contribution in [0.15, 0.2) is 87.5 Å². The summed E-state index contributed by atoms with van der Waals surface area (Å²) in [6.07, 6.45) is 0.413. The second kappa shape index (κ2) is 11.2. The van der Waals surface area contributed by atoms with Crippen molar-refractivity contribution in [2.45, 2.75) is 26.9 Å². The topological polar surface area (TPSA) is 135 Å². The monoisotopic (exact) mass is 541 g/mol. The standard InChI is InChI=1S/C22H21F2N3O5S3/c23-22(24)33-18-8-6-17(7-9-18)27-35(31,32)20-3-1-2-16(14-20)21(28)26-13-12-15-4-10-19(11-5-15)34(25,29)30/h1-11,14,22,27H,12-13H2,(H,26,28)(H2,25,29,30). The molecule has 186 valence electrons. The van der Waals surface area contributed by atoms with Crippen LogP contribution in [0.4, 0.5) is 14.5 Å². The van der Waals surface area contributed by atoms with E-state index in [1.165, 1.54) is 60.7 Å². The number of hydrogen-bond acceptors (Lipinski definition) is 6. The smallest absolute Gasteiger partial charge is 0.288 e. The van der Waals surface area contributed by atoms with Crippen LogP contribution in [0.3, 0.4) is 0 Å². The fraction of sp³-hybridized carbons (Fsp3) is 0.136. The number of nitrogens with one attached hydrogen (secondary N) is 2. The van der Waals surface area contributed by atoms with Crippen molar-refractivity contribution >= 4 is 43.4 Å². The first-order chi connectivity index (χ1) is 16.4. The summed E-state index contributed by atoms with van der Waals surface area (Å²) in [5.74, 6) is -3.07. The summed E-state index contributed by atoms with van der Waals surface area (Å²) in [5.41, 5.74) is 1.09. The van der Waals surface area contributed by atoms with E-state index in [1.807, 2.05) is 0 Å².